The molecular weight excluding hydrogens is 345 g/mol. The van der Waals surface area contributed by atoms with Crippen LogP contribution in [0.15, 0.2) is 49.1 Å². The molecule has 2 aromatic carbocycles. The SMILES string of the molecule is C=CCNCc1cc(OCC)c(OCc2cccc(Cl)c2)cc1Cl. The smallest absolute Gasteiger partial charge is 0.163 e. The molecule has 0 radical (unpaired) electrons. The van der Waals surface area contributed by atoms with Crippen LogP contribution in [0, 0.1) is 0 Å². The summed E-state index contributed by atoms with van der Waals surface area (Å²) in [6, 6.07) is 11.3. The van der Waals surface area contributed by atoms with E-state index in [0.29, 0.717) is 47.8 Å². The third-order valence-electron chi connectivity index (χ3n) is 3.30. The van der Waals surface area contributed by atoms with E-state index in [0.717, 1.165) is 11.1 Å². The zero-order valence-electron chi connectivity index (χ0n) is 13.6. The Balaban J connectivity index is 2.15. The van der Waals surface area contributed by atoms with E-state index < -0.39 is 0 Å². The zero-order chi connectivity index (χ0) is 17.4. The first-order valence-corrected chi connectivity index (χ1v) is 8.53. The van der Waals surface area contributed by atoms with Gasteiger partial charge in [-0.2, -0.15) is 0 Å². The molecule has 0 unspecified atom stereocenters. The second kappa shape index (κ2) is 9.58. The number of ether oxygens (including phenoxy) is 2. The highest BCUT2D eigenvalue weighted by Crippen LogP contribution is 2.34. The Bertz CT molecular complexity index is 689. The minimum atomic E-state index is 0.394. The first kappa shape index (κ1) is 18.7. The first-order valence-electron chi connectivity index (χ1n) is 7.78. The quantitative estimate of drug-likeness (QED) is 0.486. The van der Waals surface area contributed by atoms with E-state index in [4.69, 9.17) is 32.7 Å². The number of hydrogen-bond acceptors (Lipinski definition) is 3. The van der Waals surface area contributed by atoms with Crippen LogP contribution in [-0.2, 0) is 13.2 Å². The van der Waals surface area contributed by atoms with E-state index in [9.17, 15) is 0 Å². The monoisotopic (exact) mass is 365 g/mol. The molecule has 0 amide bonds. The molecule has 2 rings (SSSR count). The van der Waals surface area contributed by atoms with Crippen molar-refractivity contribution in [2.75, 3.05) is 13.2 Å². The third-order valence-corrected chi connectivity index (χ3v) is 3.89. The average Bonchev–Trinajstić information content (AvgIpc) is 2.56. The van der Waals surface area contributed by atoms with Crippen LogP contribution in [0.1, 0.15) is 18.1 Å². The first-order chi connectivity index (χ1) is 11.6. The summed E-state index contributed by atoms with van der Waals surface area (Å²) in [4.78, 5) is 0. The van der Waals surface area contributed by atoms with E-state index >= 15 is 0 Å². The van der Waals surface area contributed by atoms with Gasteiger partial charge < -0.3 is 14.8 Å². The number of nitrogens with one attached hydrogen (secondary N) is 1. The highest BCUT2D eigenvalue weighted by atomic mass is 35.5. The fourth-order valence-electron chi connectivity index (χ4n) is 2.19. The number of rotatable bonds is 9. The van der Waals surface area contributed by atoms with Gasteiger partial charge in [0.1, 0.15) is 6.61 Å². The number of benzene rings is 2. The second-order valence-electron chi connectivity index (χ2n) is 5.16. The van der Waals surface area contributed by atoms with Crippen molar-refractivity contribution in [2.45, 2.75) is 20.1 Å². The van der Waals surface area contributed by atoms with Gasteiger partial charge in [0, 0.05) is 29.2 Å². The lowest BCUT2D eigenvalue weighted by Crippen LogP contribution is -2.13. The summed E-state index contributed by atoms with van der Waals surface area (Å²) in [6.45, 7) is 7.92. The fraction of sp³-hybridized carbons (Fsp3) is 0.263. The van der Waals surface area contributed by atoms with Gasteiger partial charge in [-0.25, -0.2) is 0 Å². The van der Waals surface area contributed by atoms with Gasteiger partial charge >= 0.3 is 0 Å². The molecule has 3 nitrogen and oxygen atoms in total. The van der Waals surface area contributed by atoms with Crippen LogP contribution in [0.3, 0.4) is 0 Å². The van der Waals surface area contributed by atoms with Crippen LogP contribution in [0.4, 0.5) is 0 Å². The van der Waals surface area contributed by atoms with Crippen LogP contribution in [0.5, 0.6) is 11.5 Å². The summed E-state index contributed by atoms with van der Waals surface area (Å²) in [5.41, 5.74) is 1.94. The summed E-state index contributed by atoms with van der Waals surface area (Å²) in [6.07, 6.45) is 1.81. The van der Waals surface area contributed by atoms with Gasteiger partial charge in [-0.05, 0) is 36.2 Å². The molecule has 1 N–H and O–H groups in total. The molecule has 0 saturated carbocycles. The standard InChI is InChI=1S/C19H21Cl2NO2/c1-3-8-22-12-15-10-18(23-4-2)19(11-17(15)21)24-13-14-6-5-7-16(20)9-14/h3,5-7,9-11,22H,1,4,8,12-13H2,2H3. The lowest BCUT2D eigenvalue weighted by molar-refractivity contribution is 0.269. The van der Waals surface area contributed by atoms with Crippen molar-refractivity contribution in [1.82, 2.24) is 5.32 Å². The Kier molecular flexibility index (Phi) is 7.44. The lowest BCUT2D eigenvalue weighted by Gasteiger charge is -2.15. The number of hydrogen-bond donors (Lipinski definition) is 1. The summed E-state index contributed by atoms with van der Waals surface area (Å²) < 4.78 is 11.6. The predicted molar refractivity (Wildman–Crippen MR) is 100 cm³/mol. The maximum absolute atomic E-state index is 6.36. The van der Waals surface area contributed by atoms with E-state index in [-0.39, 0.29) is 0 Å². The molecule has 0 saturated heterocycles. The van der Waals surface area contributed by atoms with Crippen LogP contribution in [0.2, 0.25) is 10.0 Å². The Morgan fingerprint density at radius 3 is 2.62 bits per heavy atom. The molecule has 0 aliphatic heterocycles. The van der Waals surface area contributed by atoms with Crippen molar-refractivity contribution < 1.29 is 9.47 Å². The van der Waals surface area contributed by atoms with E-state index in [1.165, 1.54) is 0 Å². The van der Waals surface area contributed by atoms with Crippen molar-refractivity contribution in [1.29, 1.82) is 0 Å². The molecule has 0 heterocycles. The maximum Gasteiger partial charge on any atom is 0.163 e. The van der Waals surface area contributed by atoms with Crippen molar-refractivity contribution in [3.63, 3.8) is 0 Å². The fourth-order valence-corrected chi connectivity index (χ4v) is 2.62. The van der Waals surface area contributed by atoms with Gasteiger partial charge in [0.05, 0.1) is 6.61 Å². The Morgan fingerprint density at radius 2 is 1.92 bits per heavy atom. The highest BCUT2D eigenvalue weighted by molar-refractivity contribution is 6.31. The van der Waals surface area contributed by atoms with Gasteiger partial charge in [-0.15, -0.1) is 6.58 Å². The van der Waals surface area contributed by atoms with E-state index in [1.54, 1.807) is 12.1 Å². The number of halogens is 2. The van der Waals surface area contributed by atoms with Gasteiger partial charge in [0.2, 0.25) is 0 Å². The average molecular weight is 366 g/mol. The van der Waals surface area contributed by atoms with Crippen molar-refractivity contribution in [2.24, 2.45) is 0 Å². The molecular formula is C19H21Cl2NO2. The summed E-state index contributed by atoms with van der Waals surface area (Å²) in [5.74, 6) is 1.30. The van der Waals surface area contributed by atoms with Gasteiger partial charge in [0.25, 0.3) is 0 Å². The van der Waals surface area contributed by atoms with Crippen LogP contribution in [-0.4, -0.2) is 13.2 Å². The van der Waals surface area contributed by atoms with E-state index in [1.807, 2.05) is 37.3 Å². The maximum atomic E-state index is 6.36. The van der Waals surface area contributed by atoms with Crippen LogP contribution >= 0.6 is 23.2 Å². The Morgan fingerprint density at radius 1 is 1.12 bits per heavy atom. The molecule has 0 spiro atoms. The molecule has 0 aliphatic carbocycles. The van der Waals surface area contributed by atoms with Crippen molar-refractivity contribution >= 4 is 23.2 Å². The zero-order valence-corrected chi connectivity index (χ0v) is 15.2. The molecule has 0 atom stereocenters. The molecule has 0 fully saturated rings. The third kappa shape index (κ3) is 5.45. The van der Waals surface area contributed by atoms with Gasteiger partial charge in [-0.1, -0.05) is 41.4 Å². The summed E-state index contributed by atoms with van der Waals surface area (Å²) in [5, 5.41) is 4.55. The largest absolute Gasteiger partial charge is 0.490 e. The molecule has 0 aromatic heterocycles. The second-order valence-corrected chi connectivity index (χ2v) is 6.01. The van der Waals surface area contributed by atoms with Crippen molar-refractivity contribution in [3.05, 3.63) is 70.2 Å². The van der Waals surface area contributed by atoms with Crippen LogP contribution in [0.25, 0.3) is 0 Å². The van der Waals surface area contributed by atoms with Crippen LogP contribution < -0.4 is 14.8 Å². The van der Waals surface area contributed by atoms with E-state index in [2.05, 4.69) is 11.9 Å². The molecule has 24 heavy (non-hydrogen) atoms. The topological polar surface area (TPSA) is 30.5 Å². The highest BCUT2D eigenvalue weighted by Gasteiger charge is 2.11. The molecule has 0 aliphatic rings. The Hall–Kier alpha value is -1.68. The van der Waals surface area contributed by atoms with Gasteiger partial charge in [0.15, 0.2) is 11.5 Å². The van der Waals surface area contributed by atoms with Crippen molar-refractivity contribution in [3.8, 4) is 11.5 Å². The molecule has 2 aromatic rings. The normalized spacial score (nSPS) is 10.5. The minimum Gasteiger partial charge on any atom is -0.490 e. The predicted octanol–water partition coefficient (Wildman–Crippen LogP) is 5.25. The molecule has 128 valence electrons. The molecule has 0 bridgehead atoms. The molecule has 5 heteroatoms. The van der Waals surface area contributed by atoms with Gasteiger partial charge in [-0.3, -0.25) is 0 Å². The summed E-state index contributed by atoms with van der Waals surface area (Å²) in [7, 11) is 0. The minimum absolute atomic E-state index is 0.394. The Labute approximate surface area is 153 Å². The lowest BCUT2D eigenvalue weighted by atomic mass is 10.2. The summed E-state index contributed by atoms with van der Waals surface area (Å²) >= 11 is 12.4.